The predicted octanol–water partition coefficient (Wildman–Crippen LogP) is 1.76. The Hall–Kier alpha value is -0.750. The Balaban J connectivity index is 1.91. The van der Waals surface area contributed by atoms with Crippen LogP contribution in [0.5, 0.6) is 0 Å². The van der Waals surface area contributed by atoms with Gasteiger partial charge >= 0.3 is 0 Å². The number of hydrogen-bond acceptors (Lipinski definition) is 4. The first kappa shape index (κ1) is 17.6. The monoisotopic (exact) mass is 328 g/mol. The molecule has 2 heterocycles. The zero-order chi connectivity index (χ0) is 15.9. The van der Waals surface area contributed by atoms with Crippen molar-refractivity contribution in [1.29, 1.82) is 0 Å². The van der Waals surface area contributed by atoms with E-state index in [9.17, 15) is 9.59 Å². The fourth-order valence-corrected chi connectivity index (χ4v) is 3.89. The molecule has 2 unspecified atom stereocenters. The molecule has 0 radical (unpaired) electrons. The molecule has 2 fully saturated rings. The SMILES string of the molecule is CCCCOC(C)C(=O)N1CCCC1C(=O)N1CCSCC1. The third kappa shape index (κ3) is 4.38. The van der Waals surface area contributed by atoms with Crippen molar-refractivity contribution < 1.29 is 14.3 Å². The normalized spacial score (nSPS) is 23.6. The predicted molar refractivity (Wildman–Crippen MR) is 89.0 cm³/mol. The lowest BCUT2D eigenvalue weighted by atomic mass is 10.1. The molecule has 6 heteroatoms. The fourth-order valence-electron chi connectivity index (χ4n) is 2.99. The highest BCUT2D eigenvalue weighted by Crippen LogP contribution is 2.22. The minimum absolute atomic E-state index is 0.0293. The van der Waals surface area contributed by atoms with E-state index in [0.29, 0.717) is 13.2 Å². The van der Waals surface area contributed by atoms with Crippen LogP contribution in [0.4, 0.5) is 0 Å². The molecule has 0 spiro atoms. The quantitative estimate of drug-likeness (QED) is 0.697. The molecule has 2 atom stereocenters. The molecule has 2 amide bonds. The Labute approximate surface area is 137 Å². The Bertz CT molecular complexity index is 386. The molecule has 2 saturated heterocycles. The van der Waals surface area contributed by atoms with Gasteiger partial charge in [0, 0.05) is 37.7 Å². The van der Waals surface area contributed by atoms with Crippen LogP contribution in [-0.2, 0) is 14.3 Å². The molecule has 0 aromatic rings. The molecule has 0 aromatic carbocycles. The maximum absolute atomic E-state index is 12.7. The second kappa shape index (κ2) is 8.77. The van der Waals surface area contributed by atoms with Crippen LogP contribution in [0.2, 0.25) is 0 Å². The van der Waals surface area contributed by atoms with Gasteiger partial charge in [0.1, 0.15) is 12.1 Å². The summed E-state index contributed by atoms with van der Waals surface area (Å²) in [4.78, 5) is 28.9. The van der Waals surface area contributed by atoms with E-state index in [4.69, 9.17) is 4.74 Å². The van der Waals surface area contributed by atoms with Gasteiger partial charge in [-0.15, -0.1) is 0 Å². The molecular weight excluding hydrogens is 300 g/mol. The summed E-state index contributed by atoms with van der Waals surface area (Å²) in [6.45, 7) is 6.81. The van der Waals surface area contributed by atoms with Gasteiger partial charge in [-0.05, 0) is 26.2 Å². The minimum Gasteiger partial charge on any atom is -0.369 e. The lowest BCUT2D eigenvalue weighted by Crippen LogP contribution is -2.52. The molecular formula is C16H28N2O3S. The number of rotatable bonds is 6. The third-order valence-corrected chi connectivity index (χ3v) is 5.30. The highest BCUT2D eigenvalue weighted by atomic mass is 32.2. The van der Waals surface area contributed by atoms with Crippen molar-refractivity contribution in [2.45, 2.75) is 51.7 Å². The van der Waals surface area contributed by atoms with Crippen LogP contribution in [0.15, 0.2) is 0 Å². The summed E-state index contributed by atoms with van der Waals surface area (Å²) in [6.07, 6.45) is 3.27. The van der Waals surface area contributed by atoms with Crippen molar-refractivity contribution in [3.05, 3.63) is 0 Å². The van der Waals surface area contributed by atoms with Gasteiger partial charge in [-0.1, -0.05) is 13.3 Å². The molecule has 22 heavy (non-hydrogen) atoms. The Morgan fingerprint density at radius 2 is 2.00 bits per heavy atom. The number of carbonyl (C=O) groups is 2. The highest BCUT2D eigenvalue weighted by molar-refractivity contribution is 7.99. The Kier molecular flexibility index (Phi) is 7.02. The molecule has 0 N–H and O–H groups in total. The molecule has 0 aliphatic carbocycles. The number of nitrogens with zero attached hydrogens (tertiary/aromatic N) is 2. The maximum Gasteiger partial charge on any atom is 0.252 e. The highest BCUT2D eigenvalue weighted by Gasteiger charge is 2.38. The second-order valence-electron chi connectivity index (χ2n) is 5.99. The van der Waals surface area contributed by atoms with Gasteiger partial charge in [-0.2, -0.15) is 11.8 Å². The van der Waals surface area contributed by atoms with Crippen molar-refractivity contribution in [3.8, 4) is 0 Å². The van der Waals surface area contributed by atoms with Crippen molar-refractivity contribution in [3.63, 3.8) is 0 Å². The first-order valence-corrected chi connectivity index (χ1v) is 9.59. The minimum atomic E-state index is -0.447. The summed E-state index contributed by atoms with van der Waals surface area (Å²) in [5.41, 5.74) is 0. The summed E-state index contributed by atoms with van der Waals surface area (Å²) >= 11 is 1.89. The number of unbranched alkanes of at least 4 members (excludes halogenated alkanes) is 1. The number of likely N-dealkylation sites (tertiary alicyclic amines) is 1. The van der Waals surface area contributed by atoms with Crippen LogP contribution in [0.25, 0.3) is 0 Å². The standard InChI is InChI=1S/C16H28N2O3S/c1-3-4-10-21-13(2)15(19)18-7-5-6-14(18)16(20)17-8-11-22-12-9-17/h13-14H,3-12H2,1-2H3. The van der Waals surface area contributed by atoms with Gasteiger partial charge in [0.05, 0.1) is 0 Å². The number of thioether (sulfide) groups is 1. The molecule has 2 aliphatic rings. The number of amides is 2. The van der Waals surface area contributed by atoms with Crippen LogP contribution in [0, 0.1) is 0 Å². The van der Waals surface area contributed by atoms with E-state index in [1.807, 2.05) is 16.7 Å². The van der Waals surface area contributed by atoms with E-state index < -0.39 is 6.10 Å². The zero-order valence-corrected chi connectivity index (χ0v) is 14.6. The van der Waals surface area contributed by atoms with Gasteiger partial charge in [0.2, 0.25) is 5.91 Å². The van der Waals surface area contributed by atoms with E-state index in [2.05, 4.69) is 6.92 Å². The summed E-state index contributed by atoms with van der Waals surface area (Å²) in [5, 5.41) is 0. The van der Waals surface area contributed by atoms with Gasteiger partial charge in [0.15, 0.2) is 0 Å². The molecule has 0 bridgehead atoms. The Morgan fingerprint density at radius 1 is 1.27 bits per heavy atom. The van der Waals surface area contributed by atoms with Gasteiger partial charge in [0.25, 0.3) is 5.91 Å². The maximum atomic E-state index is 12.7. The van der Waals surface area contributed by atoms with Crippen molar-refractivity contribution in [2.75, 3.05) is 37.7 Å². The van der Waals surface area contributed by atoms with Crippen LogP contribution in [0.3, 0.4) is 0 Å². The number of carbonyl (C=O) groups excluding carboxylic acids is 2. The topological polar surface area (TPSA) is 49.9 Å². The second-order valence-corrected chi connectivity index (χ2v) is 7.22. The van der Waals surface area contributed by atoms with E-state index in [-0.39, 0.29) is 17.9 Å². The van der Waals surface area contributed by atoms with Gasteiger partial charge in [-0.3, -0.25) is 9.59 Å². The van der Waals surface area contributed by atoms with Crippen molar-refractivity contribution in [2.24, 2.45) is 0 Å². The lowest BCUT2D eigenvalue weighted by molar-refractivity contribution is -0.150. The van der Waals surface area contributed by atoms with E-state index >= 15 is 0 Å². The van der Waals surface area contributed by atoms with Crippen LogP contribution < -0.4 is 0 Å². The van der Waals surface area contributed by atoms with Crippen molar-refractivity contribution >= 4 is 23.6 Å². The molecule has 0 saturated carbocycles. The van der Waals surface area contributed by atoms with Crippen molar-refractivity contribution in [1.82, 2.24) is 9.80 Å². The van der Waals surface area contributed by atoms with Crippen LogP contribution in [0.1, 0.15) is 39.5 Å². The summed E-state index contributed by atoms with van der Waals surface area (Å²) in [7, 11) is 0. The fraction of sp³-hybridized carbons (Fsp3) is 0.875. The zero-order valence-electron chi connectivity index (χ0n) is 13.8. The number of hydrogen-bond donors (Lipinski definition) is 0. The molecule has 5 nitrogen and oxygen atoms in total. The molecule has 126 valence electrons. The molecule has 2 rings (SSSR count). The smallest absolute Gasteiger partial charge is 0.252 e. The Morgan fingerprint density at radius 3 is 2.68 bits per heavy atom. The first-order chi connectivity index (χ1) is 10.6. The molecule has 0 aromatic heterocycles. The average molecular weight is 328 g/mol. The van der Waals surface area contributed by atoms with E-state index in [1.54, 1.807) is 11.8 Å². The van der Waals surface area contributed by atoms with Gasteiger partial charge < -0.3 is 14.5 Å². The van der Waals surface area contributed by atoms with E-state index in [0.717, 1.165) is 50.3 Å². The molecule has 2 aliphatic heterocycles. The summed E-state index contributed by atoms with van der Waals surface area (Å²) in [5.74, 6) is 2.11. The summed E-state index contributed by atoms with van der Waals surface area (Å²) < 4.78 is 5.61. The average Bonchev–Trinajstić information content (AvgIpc) is 3.03. The largest absolute Gasteiger partial charge is 0.369 e. The lowest BCUT2D eigenvalue weighted by Gasteiger charge is -2.33. The number of ether oxygens (including phenoxy) is 1. The first-order valence-electron chi connectivity index (χ1n) is 8.43. The van der Waals surface area contributed by atoms with Crippen LogP contribution in [-0.4, -0.2) is 71.5 Å². The summed E-state index contributed by atoms with van der Waals surface area (Å²) in [6, 6.07) is -0.271. The third-order valence-electron chi connectivity index (χ3n) is 4.36. The van der Waals surface area contributed by atoms with Gasteiger partial charge in [-0.25, -0.2) is 0 Å². The van der Waals surface area contributed by atoms with Crippen LogP contribution >= 0.6 is 11.8 Å². The van der Waals surface area contributed by atoms with E-state index in [1.165, 1.54) is 0 Å².